The number of benzene rings is 3. The van der Waals surface area contributed by atoms with Crippen LogP contribution < -0.4 is 14.9 Å². The number of amides is 1. The molecule has 3 aromatic carbocycles. The lowest BCUT2D eigenvalue weighted by Crippen LogP contribution is -2.66. The van der Waals surface area contributed by atoms with Crippen LogP contribution in [0.5, 0.6) is 0 Å². The number of hydrogen-bond acceptors (Lipinski definition) is 11. The van der Waals surface area contributed by atoms with Crippen molar-refractivity contribution in [2.45, 2.75) is 110 Å². The predicted molar refractivity (Wildman–Crippen MR) is 240 cm³/mol. The number of allylic oxidation sites excluding steroid dienone is 1. The summed E-state index contributed by atoms with van der Waals surface area (Å²) in [7, 11) is -10.9. The highest BCUT2D eigenvalue weighted by Crippen LogP contribution is 2.79. The predicted octanol–water partition coefficient (Wildman–Crippen LogP) is 8.15. The van der Waals surface area contributed by atoms with Crippen LogP contribution >= 0.6 is 11.8 Å². The number of β-amino-alcohol motifs (C(OH)–C–C–N with tert-alkyl or cyclic N) is 1. The number of nitrogens with zero attached hydrogens (tertiary/aromatic N) is 3. The monoisotopic (exact) mass is 965 g/mol. The fraction of sp³-hybridized carbons (Fsp3) is 0.543. The summed E-state index contributed by atoms with van der Waals surface area (Å²) in [6.45, 7) is 10.7. The van der Waals surface area contributed by atoms with Crippen molar-refractivity contribution in [2.75, 3.05) is 56.0 Å². The van der Waals surface area contributed by atoms with Crippen LogP contribution in [0.1, 0.15) is 76.1 Å². The summed E-state index contributed by atoms with van der Waals surface area (Å²) in [5.74, 6) is -1.06. The van der Waals surface area contributed by atoms with Crippen LogP contribution in [-0.4, -0.2) is 113 Å². The van der Waals surface area contributed by atoms with Crippen LogP contribution in [0.25, 0.3) is 0 Å². The molecular formula is C46H56F5N5O6S3. The van der Waals surface area contributed by atoms with Crippen molar-refractivity contribution in [2.24, 2.45) is 16.2 Å². The Labute approximate surface area is 382 Å². The highest BCUT2D eigenvalue weighted by atomic mass is 32.2. The van der Waals surface area contributed by atoms with Gasteiger partial charge in [-0.25, -0.2) is 30.3 Å². The van der Waals surface area contributed by atoms with E-state index < -0.39 is 70.7 Å². The first-order valence-corrected chi connectivity index (χ1v) is 25.8. The Balaban J connectivity index is 0.903. The van der Waals surface area contributed by atoms with Gasteiger partial charge in [-0.3, -0.25) is 14.6 Å². The van der Waals surface area contributed by atoms with Gasteiger partial charge in [0, 0.05) is 73.4 Å². The van der Waals surface area contributed by atoms with Crippen molar-refractivity contribution in [1.82, 2.24) is 14.5 Å². The van der Waals surface area contributed by atoms with Crippen molar-refractivity contribution in [3.8, 4) is 0 Å². The molecule has 2 saturated heterocycles. The van der Waals surface area contributed by atoms with E-state index in [0.29, 0.717) is 57.9 Å². The second-order valence-corrected chi connectivity index (χ2v) is 24.4. The second kappa shape index (κ2) is 17.7. The molecule has 9 rings (SSSR count). The van der Waals surface area contributed by atoms with Crippen LogP contribution in [0.2, 0.25) is 0 Å². The number of aliphatic hydroxyl groups excluding tert-OH is 1. The minimum atomic E-state index is -6.07. The molecule has 0 spiro atoms. The summed E-state index contributed by atoms with van der Waals surface area (Å²) in [6.07, 6.45) is 2.33. The minimum absolute atomic E-state index is 0.0363. The maximum absolute atomic E-state index is 14.1. The molecule has 3 aromatic rings. The van der Waals surface area contributed by atoms with Gasteiger partial charge in [0.05, 0.1) is 22.1 Å². The summed E-state index contributed by atoms with van der Waals surface area (Å²) in [6, 6.07) is 17.3. The number of alkyl halides is 5. The number of carbonyl (C=O) groups is 1. The number of anilines is 2. The number of hydrogen-bond donors (Lipinski definition) is 3. The van der Waals surface area contributed by atoms with Crippen molar-refractivity contribution >= 4 is 48.9 Å². The third-order valence-corrected chi connectivity index (χ3v) is 18.2. The molecule has 354 valence electrons. The van der Waals surface area contributed by atoms with Crippen molar-refractivity contribution in [1.29, 1.82) is 0 Å². The standard InChI is InChI=1S/C46H56F5N5O6S3/c1-30(21-40(56-25-34(57)26-56)63-35-7-5-4-6-8-35)52-38-14-13-36(22-39(38)64(59,60)46(49,50)51)65(61,62)53-41(58)31-9-11-33(12-10-31)55-19-17-54(18-20-55)24-32-15-16-43(2,3)23-37(32)44-27-45(28-44,29-44)42(47)48/h4-14,22,30,34,40,42,52,57H,15-21,23-29H2,1-3H3,(H,53,58)/t30-,40+,44?,45?/m1/s1. The molecule has 0 radical (unpaired) electrons. The lowest BCUT2D eigenvalue weighted by atomic mass is 9.32. The van der Waals surface area contributed by atoms with Gasteiger partial charge < -0.3 is 15.3 Å². The first-order chi connectivity index (χ1) is 30.5. The Morgan fingerprint density at radius 2 is 1.57 bits per heavy atom. The van der Waals surface area contributed by atoms with Gasteiger partial charge in [-0.05, 0) is 117 Å². The molecule has 65 heavy (non-hydrogen) atoms. The first-order valence-electron chi connectivity index (χ1n) is 22.0. The maximum Gasteiger partial charge on any atom is 0.501 e. The fourth-order valence-electron chi connectivity index (χ4n) is 10.4. The lowest BCUT2D eigenvalue weighted by Gasteiger charge is -2.72. The summed E-state index contributed by atoms with van der Waals surface area (Å²) >= 11 is 1.49. The molecule has 2 aliphatic heterocycles. The molecular weight excluding hydrogens is 910 g/mol. The molecule has 2 bridgehead atoms. The van der Waals surface area contributed by atoms with E-state index in [-0.39, 0.29) is 21.8 Å². The molecule has 2 atom stereocenters. The van der Waals surface area contributed by atoms with Crippen LogP contribution in [-0.2, 0) is 19.9 Å². The Bertz CT molecular complexity index is 2490. The van der Waals surface area contributed by atoms with Gasteiger partial charge in [0.1, 0.15) is 4.90 Å². The lowest BCUT2D eigenvalue weighted by molar-refractivity contribution is -0.250. The number of thioether (sulfide) groups is 1. The SMILES string of the molecule is C[C@H](C[C@H](Sc1ccccc1)N1CC(O)C1)Nc1ccc(S(=O)(=O)NC(=O)c2ccc(N3CCN(CC4=C(C56CC(C(F)F)(C5)C6)CC(C)(C)CC4)CC3)cc2)cc1S(=O)(=O)C(F)(F)F. The first kappa shape index (κ1) is 47.7. The number of aliphatic hydroxyl groups is 1. The third kappa shape index (κ3) is 9.82. The number of sulfone groups is 1. The summed E-state index contributed by atoms with van der Waals surface area (Å²) < 4.78 is 124. The average molecular weight is 966 g/mol. The second-order valence-electron chi connectivity index (χ2n) is 19.5. The van der Waals surface area contributed by atoms with Crippen molar-refractivity contribution in [3.05, 3.63) is 89.5 Å². The Hall–Kier alpha value is -3.75. The van der Waals surface area contributed by atoms with E-state index in [0.717, 1.165) is 61.6 Å². The Morgan fingerprint density at radius 3 is 2.17 bits per heavy atom. The van der Waals surface area contributed by atoms with E-state index in [1.54, 1.807) is 19.1 Å². The average Bonchev–Trinajstić information content (AvgIpc) is 3.19. The van der Waals surface area contributed by atoms with Gasteiger partial charge in [0.25, 0.3) is 25.8 Å². The molecule has 11 nitrogen and oxygen atoms in total. The zero-order valence-corrected chi connectivity index (χ0v) is 39.0. The van der Waals surface area contributed by atoms with Gasteiger partial charge in [-0.1, -0.05) is 43.2 Å². The number of sulfonamides is 1. The molecule has 6 aliphatic rings. The highest BCUT2D eigenvalue weighted by molar-refractivity contribution is 7.99. The van der Waals surface area contributed by atoms with E-state index >= 15 is 0 Å². The number of piperazine rings is 1. The zero-order chi connectivity index (χ0) is 46.7. The van der Waals surface area contributed by atoms with E-state index in [1.165, 1.54) is 35.0 Å². The van der Waals surface area contributed by atoms with Crippen LogP contribution in [0.4, 0.5) is 33.3 Å². The van der Waals surface area contributed by atoms with E-state index in [9.17, 15) is 48.7 Å². The third-order valence-electron chi connectivity index (χ3n) is 14.0. The van der Waals surface area contributed by atoms with E-state index in [2.05, 4.69) is 29.0 Å². The topological polar surface area (TPSA) is 139 Å². The number of rotatable bonds is 16. The molecule has 3 saturated carbocycles. The van der Waals surface area contributed by atoms with Crippen LogP contribution in [0, 0.1) is 16.2 Å². The van der Waals surface area contributed by atoms with Gasteiger partial charge >= 0.3 is 5.51 Å². The van der Waals surface area contributed by atoms with Crippen LogP contribution in [0.3, 0.4) is 0 Å². The molecule has 2 heterocycles. The van der Waals surface area contributed by atoms with Gasteiger partial charge in [-0.2, -0.15) is 13.2 Å². The molecule has 0 unspecified atom stereocenters. The largest absolute Gasteiger partial charge is 0.501 e. The van der Waals surface area contributed by atoms with Crippen LogP contribution in [0.15, 0.2) is 98.6 Å². The van der Waals surface area contributed by atoms with Gasteiger partial charge in [0.15, 0.2) is 0 Å². The number of nitrogens with one attached hydrogen (secondary N) is 2. The molecule has 19 heteroatoms. The quantitative estimate of drug-likeness (QED) is 0.0729. The zero-order valence-electron chi connectivity index (χ0n) is 36.6. The Morgan fingerprint density at radius 1 is 0.923 bits per heavy atom. The van der Waals surface area contributed by atoms with Crippen molar-refractivity contribution in [3.63, 3.8) is 0 Å². The minimum Gasteiger partial charge on any atom is -0.390 e. The van der Waals surface area contributed by atoms with Gasteiger partial charge in [0.2, 0.25) is 6.43 Å². The highest BCUT2D eigenvalue weighted by Gasteiger charge is 2.73. The smallest absolute Gasteiger partial charge is 0.390 e. The molecule has 5 fully saturated rings. The van der Waals surface area contributed by atoms with Crippen molar-refractivity contribution < 1.29 is 48.7 Å². The summed E-state index contributed by atoms with van der Waals surface area (Å²) in [5, 5.41) is 12.6. The summed E-state index contributed by atoms with van der Waals surface area (Å²) in [4.78, 5) is 18.6. The molecule has 4 aliphatic carbocycles. The summed E-state index contributed by atoms with van der Waals surface area (Å²) in [5.41, 5.74) is -3.30. The molecule has 3 N–H and O–H groups in total. The maximum atomic E-state index is 14.1. The number of halogens is 5. The molecule has 1 amide bonds. The van der Waals surface area contributed by atoms with E-state index in [1.807, 2.05) is 40.0 Å². The number of carbonyl (C=O) groups excluding carboxylic acids is 1. The Kier molecular flexibility index (Phi) is 13.0. The van der Waals surface area contributed by atoms with E-state index in [4.69, 9.17) is 0 Å². The van der Waals surface area contributed by atoms with Gasteiger partial charge in [-0.15, -0.1) is 11.8 Å². The fourth-order valence-corrected chi connectivity index (χ4v) is 13.8. The molecule has 0 aromatic heterocycles. The number of likely N-dealkylation sites (tertiary alicyclic amines) is 1. The normalized spacial score (nSPS) is 25.0.